The van der Waals surface area contributed by atoms with E-state index in [1.807, 2.05) is 0 Å². The highest BCUT2D eigenvalue weighted by Gasteiger charge is 2.15. The summed E-state index contributed by atoms with van der Waals surface area (Å²) in [5, 5.41) is 19.4. The Kier molecular flexibility index (Phi) is 11.9. The summed E-state index contributed by atoms with van der Waals surface area (Å²) >= 11 is 0. The molecule has 3 aromatic heterocycles. The first kappa shape index (κ1) is 38.7. The lowest BCUT2D eigenvalue weighted by Crippen LogP contribution is -2.00. The fourth-order valence-electron chi connectivity index (χ4n) is 6.95. The van der Waals surface area contributed by atoms with Gasteiger partial charge >= 0.3 is 7.12 Å². The first-order valence-corrected chi connectivity index (χ1v) is 17.2. The molecule has 0 saturated heterocycles. The van der Waals surface area contributed by atoms with Gasteiger partial charge in [-0.25, -0.2) is 0 Å². The minimum Gasteiger partial charge on any atom is -0.427 e. The molecule has 0 atom stereocenters. The number of aryl methyl sites for hydroxylation is 11. The normalized spacial score (nSPS) is 10.9. The zero-order valence-electron chi connectivity index (χ0n) is 33.0. The molecule has 3 heterocycles. The molecule has 6 aromatic rings. The monoisotopic (exact) mass is 649 g/mol. The Balaban J connectivity index is 0.000000185. The van der Waals surface area contributed by atoms with Crippen LogP contribution in [0, 0.1) is 118 Å². The molecular formula is C42H60BN3O2. The molecule has 48 heavy (non-hydrogen) atoms. The van der Waals surface area contributed by atoms with Crippen LogP contribution in [0.15, 0.2) is 6.07 Å². The quantitative estimate of drug-likeness (QED) is 0.106. The van der Waals surface area contributed by atoms with E-state index < -0.39 is 7.12 Å². The van der Waals surface area contributed by atoms with Crippen molar-refractivity contribution < 1.29 is 10.0 Å². The van der Waals surface area contributed by atoms with Gasteiger partial charge in [0, 0.05) is 49.8 Å². The maximum absolute atomic E-state index is 7.61. The minimum atomic E-state index is -1.17. The van der Waals surface area contributed by atoms with Crippen molar-refractivity contribution in [1.29, 1.82) is 0 Å². The molecule has 0 bridgehead atoms. The minimum absolute atomic E-state index is 1.17. The van der Waals surface area contributed by atoms with Gasteiger partial charge in [0.15, 0.2) is 0 Å². The lowest BCUT2D eigenvalue weighted by atomic mass is 9.94. The van der Waals surface area contributed by atoms with E-state index in [2.05, 4.69) is 139 Å². The van der Waals surface area contributed by atoms with E-state index >= 15 is 0 Å². The lowest BCUT2D eigenvalue weighted by molar-refractivity contribution is 0.417. The number of hydrogen-bond donors (Lipinski definition) is 5. The third kappa shape index (κ3) is 7.16. The van der Waals surface area contributed by atoms with Crippen molar-refractivity contribution in [2.45, 2.75) is 125 Å². The SMILES string of the molecule is CB(O)O.Cc1[nH]c2c(C)c(C)c(C)c(C)c2c1C.Cc1[nH]c2c(C)c(C)c(C)c(C)c2c1C.Cc1cc2c(C)c(C)c(C)c(C)c2[nH]1. The van der Waals surface area contributed by atoms with Crippen molar-refractivity contribution in [1.82, 2.24) is 15.0 Å². The zero-order chi connectivity index (χ0) is 36.7. The highest BCUT2D eigenvalue weighted by atomic mass is 16.4. The average molecular weight is 650 g/mol. The van der Waals surface area contributed by atoms with Crippen LogP contribution >= 0.6 is 0 Å². The van der Waals surface area contributed by atoms with Crippen molar-refractivity contribution in [3.05, 3.63) is 101 Å². The van der Waals surface area contributed by atoms with Crippen LogP contribution in [0.3, 0.4) is 0 Å². The topological polar surface area (TPSA) is 87.8 Å². The molecule has 258 valence electrons. The fourth-order valence-corrected chi connectivity index (χ4v) is 6.95. The summed E-state index contributed by atoms with van der Waals surface area (Å²) in [5.41, 5.74) is 27.6. The molecule has 0 radical (unpaired) electrons. The number of rotatable bonds is 0. The van der Waals surface area contributed by atoms with Crippen molar-refractivity contribution in [2.24, 2.45) is 0 Å². The number of H-pyrrole nitrogens is 3. The predicted molar refractivity (Wildman–Crippen MR) is 211 cm³/mol. The summed E-state index contributed by atoms with van der Waals surface area (Å²) in [4.78, 5) is 10.4. The molecule has 5 N–H and O–H groups in total. The Morgan fingerprint density at radius 3 is 1.02 bits per heavy atom. The number of aromatic nitrogens is 3. The molecule has 3 aromatic carbocycles. The Bertz CT molecular complexity index is 1990. The Hall–Kier alpha value is -3.74. The third-order valence-electron chi connectivity index (χ3n) is 11.3. The molecular weight excluding hydrogens is 589 g/mol. The molecule has 6 rings (SSSR count). The second-order valence-electron chi connectivity index (χ2n) is 14.1. The zero-order valence-corrected chi connectivity index (χ0v) is 33.0. The number of aromatic amines is 3. The van der Waals surface area contributed by atoms with Gasteiger partial charge in [-0.2, -0.15) is 0 Å². The van der Waals surface area contributed by atoms with Crippen LogP contribution in [-0.4, -0.2) is 32.1 Å². The van der Waals surface area contributed by atoms with Gasteiger partial charge in [-0.1, -0.05) is 0 Å². The van der Waals surface area contributed by atoms with E-state index in [0.717, 1.165) is 0 Å². The van der Waals surface area contributed by atoms with E-state index in [1.165, 1.54) is 135 Å². The molecule has 0 aliphatic heterocycles. The first-order chi connectivity index (χ1) is 22.1. The van der Waals surface area contributed by atoms with E-state index in [-0.39, 0.29) is 0 Å². The van der Waals surface area contributed by atoms with Gasteiger partial charge < -0.3 is 25.0 Å². The highest BCUT2D eigenvalue weighted by Crippen LogP contribution is 2.33. The van der Waals surface area contributed by atoms with Gasteiger partial charge in [0.25, 0.3) is 0 Å². The average Bonchev–Trinajstić information content (AvgIpc) is 3.67. The van der Waals surface area contributed by atoms with Crippen molar-refractivity contribution in [3.8, 4) is 0 Å². The summed E-state index contributed by atoms with van der Waals surface area (Å²) in [6.07, 6.45) is 0. The molecule has 5 nitrogen and oxygen atoms in total. The van der Waals surface area contributed by atoms with Crippen LogP contribution in [0.5, 0.6) is 0 Å². The molecule has 0 fully saturated rings. The van der Waals surface area contributed by atoms with Crippen LogP contribution in [0.2, 0.25) is 6.82 Å². The lowest BCUT2D eigenvalue weighted by Gasteiger charge is -2.11. The fraction of sp³-hybridized carbons (Fsp3) is 0.429. The summed E-state index contributed by atoms with van der Waals surface area (Å²) in [6, 6.07) is 2.24. The van der Waals surface area contributed by atoms with Gasteiger partial charge in [0.2, 0.25) is 0 Å². The van der Waals surface area contributed by atoms with E-state index in [0.29, 0.717) is 0 Å². The smallest absolute Gasteiger partial charge is 0.427 e. The van der Waals surface area contributed by atoms with Crippen LogP contribution in [-0.2, 0) is 0 Å². The summed E-state index contributed by atoms with van der Waals surface area (Å²) in [5.74, 6) is 0. The highest BCUT2D eigenvalue weighted by molar-refractivity contribution is 6.38. The molecule has 0 unspecified atom stereocenters. The standard InChI is InChI=1S/2C14H19N.C13H17N.CH5BO2/c2*1-7-8(2)10(4)14-13(9(7)3)11(5)12(6)15-14;1-7-6-12-10(4)8(2)9(3)11(5)13(12)14-7;1-2(3)4/h2*15H,1-6H3;6,14H,1-5H3;3-4H,1H3. The van der Waals surface area contributed by atoms with Gasteiger partial charge in [0.05, 0.1) is 0 Å². The largest absolute Gasteiger partial charge is 0.448 e. The third-order valence-corrected chi connectivity index (χ3v) is 11.3. The molecule has 0 saturated carbocycles. The molecule has 0 amide bonds. The Morgan fingerprint density at radius 1 is 0.375 bits per heavy atom. The maximum atomic E-state index is 7.61. The van der Waals surface area contributed by atoms with Gasteiger partial charge in [-0.3, -0.25) is 0 Å². The number of benzene rings is 3. The second-order valence-corrected chi connectivity index (χ2v) is 14.1. The molecule has 0 aliphatic carbocycles. The van der Waals surface area contributed by atoms with Gasteiger partial charge in [-0.15, -0.1) is 0 Å². The van der Waals surface area contributed by atoms with Crippen LogP contribution in [0.1, 0.15) is 95.0 Å². The van der Waals surface area contributed by atoms with E-state index in [4.69, 9.17) is 10.0 Å². The van der Waals surface area contributed by atoms with Crippen LogP contribution < -0.4 is 0 Å². The Morgan fingerprint density at radius 2 is 0.667 bits per heavy atom. The van der Waals surface area contributed by atoms with Crippen molar-refractivity contribution in [3.63, 3.8) is 0 Å². The van der Waals surface area contributed by atoms with Crippen LogP contribution in [0.25, 0.3) is 32.7 Å². The number of fused-ring (bicyclic) bond motifs is 3. The Labute approximate surface area is 289 Å². The number of hydrogen-bond acceptors (Lipinski definition) is 2. The second kappa shape index (κ2) is 14.8. The molecule has 0 spiro atoms. The molecule has 6 heteroatoms. The van der Waals surface area contributed by atoms with Crippen molar-refractivity contribution in [2.75, 3.05) is 0 Å². The van der Waals surface area contributed by atoms with Gasteiger partial charge in [-0.05, 0) is 208 Å². The van der Waals surface area contributed by atoms with E-state index in [9.17, 15) is 0 Å². The summed E-state index contributed by atoms with van der Waals surface area (Å²) in [6.45, 7) is 38.6. The van der Waals surface area contributed by atoms with E-state index in [1.54, 1.807) is 0 Å². The first-order valence-electron chi connectivity index (χ1n) is 17.2. The van der Waals surface area contributed by atoms with Crippen molar-refractivity contribution >= 4 is 39.8 Å². The van der Waals surface area contributed by atoms with Gasteiger partial charge in [0.1, 0.15) is 0 Å². The molecule has 0 aliphatic rings. The summed E-state index contributed by atoms with van der Waals surface area (Å²) in [7, 11) is -1.17. The maximum Gasteiger partial charge on any atom is 0.448 e. The number of nitrogens with one attached hydrogen (secondary N) is 3. The van der Waals surface area contributed by atoms with Crippen LogP contribution in [0.4, 0.5) is 0 Å². The predicted octanol–water partition coefficient (Wildman–Crippen LogP) is 10.8. The summed E-state index contributed by atoms with van der Waals surface area (Å²) < 4.78 is 0.